The molecule has 0 unspecified atom stereocenters. The Morgan fingerprint density at radius 1 is 1.14 bits per heavy atom. The molecule has 0 saturated carbocycles. The first kappa shape index (κ1) is 19.6. The van der Waals surface area contributed by atoms with Crippen molar-refractivity contribution in [3.63, 3.8) is 0 Å². The van der Waals surface area contributed by atoms with E-state index in [4.69, 9.17) is 9.26 Å². The number of carbonyl (C=O) groups is 2. The van der Waals surface area contributed by atoms with Gasteiger partial charge in [0.1, 0.15) is 12.4 Å². The van der Waals surface area contributed by atoms with Gasteiger partial charge in [-0.2, -0.15) is 0 Å². The summed E-state index contributed by atoms with van der Waals surface area (Å²) in [5.41, 5.74) is 0.735. The zero-order chi connectivity index (χ0) is 20.1. The van der Waals surface area contributed by atoms with Crippen LogP contribution < -0.4 is 5.76 Å². The van der Waals surface area contributed by atoms with Crippen molar-refractivity contribution in [1.29, 1.82) is 0 Å². The molecule has 1 fully saturated rings. The third kappa shape index (κ3) is 4.56. The maximum atomic E-state index is 13.0. The number of halogens is 1. The van der Waals surface area contributed by atoms with Crippen LogP contribution >= 0.6 is 0 Å². The minimum absolute atomic E-state index is 0.210. The number of nitrogens with zero attached hydrogens (tertiary/aromatic N) is 4. The second-order valence-electron chi connectivity index (χ2n) is 6.32. The van der Waals surface area contributed by atoms with Crippen LogP contribution in [-0.4, -0.2) is 64.3 Å². The summed E-state index contributed by atoms with van der Waals surface area (Å²) in [5, 5.41) is 3.73. The normalized spacial score (nSPS) is 14.2. The lowest BCUT2D eigenvalue weighted by molar-refractivity contribution is -0.133. The van der Waals surface area contributed by atoms with Crippen LogP contribution in [0.2, 0.25) is 0 Å². The van der Waals surface area contributed by atoms with Crippen molar-refractivity contribution < 1.29 is 23.2 Å². The summed E-state index contributed by atoms with van der Waals surface area (Å²) >= 11 is 0. The smallest absolute Gasteiger partial charge is 0.442 e. The van der Waals surface area contributed by atoms with E-state index in [9.17, 15) is 18.8 Å². The standard InChI is InChI=1S/C18H21FN4O5/c1-2-27-17(25)22-9-7-21(8-10-22)16(24)12-23-15(20-28-18(23)26)11-13-3-5-14(19)6-4-13/h3-6H,2,7-12H2,1H3. The van der Waals surface area contributed by atoms with Crippen LogP contribution in [0, 0.1) is 5.82 Å². The topological polar surface area (TPSA) is 97.9 Å². The van der Waals surface area contributed by atoms with Crippen LogP contribution in [0.15, 0.2) is 33.6 Å². The molecule has 1 aromatic carbocycles. The molecule has 2 aromatic rings. The van der Waals surface area contributed by atoms with Gasteiger partial charge in [0.05, 0.1) is 6.61 Å². The molecule has 2 amide bonds. The van der Waals surface area contributed by atoms with Gasteiger partial charge in [-0.3, -0.25) is 13.9 Å². The minimum Gasteiger partial charge on any atom is -0.450 e. The monoisotopic (exact) mass is 392 g/mol. The van der Waals surface area contributed by atoms with Gasteiger partial charge >= 0.3 is 11.8 Å². The molecule has 0 aliphatic carbocycles. The number of carbonyl (C=O) groups excluding carboxylic acids is 2. The molecule has 150 valence electrons. The van der Waals surface area contributed by atoms with Crippen molar-refractivity contribution in [2.24, 2.45) is 0 Å². The molecule has 0 spiro atoms. The third-order valence-electron chi connectivity index (χ3n) is 4.49. The number of rotatable bonds is 5. The van der Waals surface area contributed by atoms with E-state index in [0.29, 0.717) is 32.8 Å². The Kier molecular flexibility index (Phi) is 6.07. The fourth-order valence-electron chi connectivity index (χ4n) is 2.95. The summed E-state index contributed by atoms with van der Waals surface area (Å²) < 4.78 is 23.9. The summed E-state index contributed by atoms with van der Waals surface area (Å²) in [6, 6.07) is 5.78. The molecule has 28 heavy (non-hydrogen) atoms. The minimum atomic E-state index is -0.726. The Balaban J connectivity index is 1.62. The van der Waals surface area contributed by atoms with E-state index in [1.807, 2.05) is 0 Å². The zero-order valence-corrected chi connectivity index (χ0v) is 15.5. The lowest BCUT2D eigenvalue weighted by Crippen LogP contribution is -2.51. The van der Waals surface area contributed by atoms with Gasteiger partial charge in [0.15, 0.2) is 5.82 Å². The van der Waals surface area contributed by atoms with E-state index in [1.54, 1.807) is 28.9 Å². The quantitative estimate of drug-likeness (QED) is 0.749. The highest BCUT2D eigenvalue weighted by molar-refractivity contribution is 5.76. The van der Waals surface area contributed by atoms with Crippen LogP contribution in [0.5, 0.6) is 0 Å². The molecule has 0 bridgehead atoms. The number of aromatic nitrogens is 2. The average molecular weight is 392 g/mol. The molecule has 3 rings (SSSR count). The molecule has 1 aromatic heterocycles. The number of hydrogen-bond donors (Lipinski definition) is 0. The van der Waals surface area contributed by atoms with Gasteiger partial charge in [-0.1, -0.05) is 17.3 Å². The molecule has 9 nitrogen and oxygen atoms in total. The van der Waals surface area contributed by atoms with Gasteiger partial charge in [-0.15, -0.1) is 0 Å². The Hall–Kier alpha value is -3.17. The fraction of sp³-hybridized carbons (Fsp3) is 0.444. The van der Waals surface area contributed by atoms with Gasteiger partial charge in [-0.05, 0) is 24.6 Å². The third-order valence-corrected chi connectivity index (χ3v) is 4.49. The van der Waals surface area contributed by atoms with E-state index in [2.05, 4.69) is 5.16 Å². The SMILES string of the molecule is CCOC(=O)N1CCN(C(=O)Cn2c(Cc3ccc(F)cc3)noc2=O)CC1. The van der Waals surface area contributed by atoms with Crippen molar-refractivity contribution in [2.45, 2.75) is 19.9 Å². The van der Waals surface area contributed by atoms with E-state index in [1.165, 1.54) is 16.7 Å². The molecule has 1 aliphatic rings. The number of benzene rings is 1. The van der Waals surface area contributed by atoms with Crippen LogP contribution in [-0.2, 0) is 22.5 Å². The Bertz CT molecular complexity index is 884. The Morgan fingerprint density at radius 3 is 2.43 bits per heavy atom. The van der Waals surface area contributed by atoms with Gasteiger partial charge < -0.3 is 14.5 Å². The molecule has 2 heterocycles. The predicted molar refractivity (Wildman–Crippen MR) is 95.1 cm³/mol. The summed E-state index contributed by atoms with van der Waals surface area (Å²) in [6.45, 7) is 3.26. The second kappa shape index (κ2) is 8.68. The zero-order valence-electron chi connectivity index (χ0n) is 15.5. The summed E-state index contributed by atoms with van der Waals surface area (Å²) in [5.74, 6) is -1.07. The van der Waals surface area contributed by atoms with Gasteiger partial charge in [-0.25, -0.2) is 14.0 Å². The van der Waals surface area contributed by atoms with Crippen LogP contribution in [0.4, 0.5) is 9.18 Å². The average Bonchev–Trinajstić information content (AvgIpc) is 3.03. The number of hydrogen-bond acceptors (Lipinski definition) is 6. The van der Waals surface area contributed by atoms with Gasteiger partial charge in [0.2, 0.25) is 5.91 Å². The Morgan fingerprint density at radius 2 is 1.79 bits per heavy atom. The predicted octanol–water partition coefficient (Wildman–Crippen LogP) is 0.867. The molecular weight excluding hydrogens is 371 g/mol. The molecular formula is C18H21FN4O5. The van der Waals surface area contributed by atoms with Gasteiger partial charge in [0.25, 0.3) is 0 Å². The highest BCUT2D eigenvalue weighted by Crippen LogP contribution is 2.10. The highest BCUT2D eigenvalue weighted by Gasteiger charge is 2.26. The fourth-order valence-corrected chi connectivity index (χ4v) is 2.95. The van der Waals surface area contributed by atoms with Crippen molar-refractivity contribution in [3.8, 4) is 0 Å². The molecule has 1 saturated heterocycles. The van der Waals surface area contributed by atoms with Crippen LogP contribution in [0.25, 0.3) is 0 Å². The van der Waals surface area contributed by atoms with Crippen molar-refractivity contribution >= 4 is 12.0 Å². The van der Waals surface area contributed by atoms with Crippen LogP contribution in [0.3, 0.4) is 0 Å². The molecule has 10 heteroatoms. The molecule has 1 aliphatic heterocycles. The van der Waals surface area contributed by atoms with Crippen LogP contribution in [0.1, 0.15) is 18.3 Å². The summed E-state index contributed by atoms with van der Waals surface area (Å²) in [6.07, 6.45) is -0.165. The maximum absolute atomic E-state index is 13.0. The summed E-state index contributed by atoms with van der Waals surface area (Å²) in [4.78, 5) is 39.4. The number of ether oxygens (including phenoxy) is 1. The van der Waals surface area contributed by atoms with E-state index >= 15 is 0 Å². The van der Waals surface area contributed by atoms with E-state index in [0.717, 1.165) is 5.56 Å². The number of amides is 2. The lowest BCUT2D eigenvalue weighted by atomic mass is 10.1. The summed E-state index contributed by atoms with van der Waals surface area (Å²) in [7, 11) is 0. The first-order valence-corrected chi connectivity index (χ1v) is 8.97. The highest BCUT2D eigenvalue weighted by atomic mass is 19.1. The largest absolute Gasteiger partial charge is 0.450 e. The van der Waals surface area contributed by atoms with Crippen molar-refractivity contribution in [3.05, 3.63) is 52.0 Å². The van der Waals surface area contributed by atoms with Gasteiger partial charge in [0, 0.05) is 32.6 Å². The first-order valence-electron chi connectivity index (χ1n) is 8.97. The molecule has 0 atom stereocenters. The van der Waals surface area contributed by atoms with Crippen molar-refractivity contribution in [2.75, 3.05) is 32.8 Å². The van der Waals surface area contributed by atoms with Crippen molar-refractivity contribution in [1.82, 2.24) is 19.5 Å². The maximum Gasteiger partial charge on any atom is 0.442 e. The number of piperazine rings is 1. The Labute approximate surface area is 160 Å². The molecule has 0 radical (unpaired) electrons. The van der Waals surface area contributed by atoms with E-state index in [-0.39, 0.29) is 30.5 Å². The second-order valence-corrected chi connectivity index (χ2v) is 6.32. The first-order chi connectivity index (χ1) is 13.5. The van der Waals surface area contributed by atoms with E-state index < -0.39 is 11.8 Å². The lowest BCUT2D eigenvalue weighted by Gasteiger charge is -2.34. The molecule has 0 N–H and O–H groups in total.